The van der Waals surface area contributed by atoms with E-state index in [-0.39, 0.29) is 27.2 Å². The van der Waals surface area contributed by atoms with Gasteiger partial charge in [-0.15, -0.1) is 0 Å². The second-order valence-corrected chi connectivity index (χ2v) is 3.76. The molecule has 2 aromatic rings. The zero-order chi connectivity index (χ0) is 12.6. The van der Waals surface area contributed by atoms with Crippen LogP contribution in [0.1, 0.15) is 20.8 Å². The summed E-state index contributed by atoms with van der Waals surface area (Å²) in [5.74, 6) is -1.23. The number of carbonyl (C=O) groups is 2. The standard InChI is InChI=1S/C11H6ClNO4/c12-7-2-1-6(11(16)17)9-8(15)3-5(4-14)13-10(7)9/h1-4H,(H,13,15)(H,16,17). The number of aromatic nitrogens is 1. The summed E-state index contributed by atoms with van der Waals surface area (Å²) in [6.45, 7) is 0. The number of pyridine rings is 1. The number of aromatic carboxylic acids is 1. The summed E-state index contributed by atoms with van der Waals surface area (Å²) in [6.07, 6.45) is 0.463. The lowest BCUT2D eigenvalue weighted by Gasteiger charge is -2.04. The van der Waals surface area contributed by atoms with Crippen molar-refractivity contribution in [2.45, 2.75) is 0 Å². The second kappa shape index (κ2) is 4.03. The van der Waals surface area contributed by atoms with Crippen molar-refractivity contribution < 1.29 is 14.7 Å². The second-order valence-electron chi connectivity index (χ2n) is 3.36. The predicted molar refractivity (Wildman–Crippen MR) is 61.9 cm³/mol. The first kappa shape index (κ1) is 11.3. The molecular weight excluding hydrogens is 246 g/mol. The molecule has 2 rings (SSSR count). The van der Waals surface area contributed by atoms with Crippen LogP contribution in [0.25, 0.3) is 10.9 Å². The van der Waals surface area contributed by atoms with E-state index < -0.39 is 11.4 Å². The van der Waals surface area contributed by atoms with Crippen molar-refractivity contribution in [2.75, 3.05) is 0 Å². The summed E-state index contributed by atoms with van der Waals surface area (Å²) in [5, 5.41) is 9.11. The van der Waals surface area contributed by atoms with Crippen LogP contribution in [0.5, 0.6) is 0 Å². The molecule has 0 saturated carbocycles. The van der Waals surface area contributed by atoms with Crippen molar-refractivity contribution in [3.63, 3.8) is 0 Å². The van der Waals surface area contributed by atoms with Crippen molar-refractivity contribution in [3.8, 4) is 0 Å². The van der Waals surface area contributed by atoms with Gasteiger partial charge in [0.2, 0.25) is 0 Å². The minimum Gasteiger partial charge on any atom is -0.478 e. The molecule has 0 aliphatic heterocycles. The van der Waals surface area contributed by atoms with Crippen LogP contribution >= 0.6 is 11.6 Å². The average Bonchev–Trinajstić information content (AvgIpc) is 2.29. The molecule has 0 amide bonds. The van der Waals surface area contributed by atoms with Gasteiger partial charge < -0.3 is 10.1 Å². The molecule has 0 aliphatic rings. The van der Waals surface area contributed by atoms with Crippen LogP contribution in [0, 0.1) is 0 Å². The van der Waals surface area contributed by atoms with Gasteiger partial charge in [0.1, 0.15) is 0 Å². The quantitative estimate of drug-likeness (QED) is 0.795. The van der Waals surface area contributed by atoms with Gasteiger partial charge in [-0.2, -0.15) is 0 Å². The maximum absolute atomic E-state index is 11.7. The molecule has 0 spiro atoms. The molecule has 86 valence electrons. The van der Waals surface area contributed by atoms with Gasteiger partial charge in [-0.05, 0) is 12.1 Å². The van der Waals surface area contributed by atoms with Gasteiger partial charge in [0.05, 0.1) is 27.2 Å². The number of nitrogens with one attached hydrogen (secondary N) is 1. The Bertz CT molecular complexity index is 690. The van der Waals surface area contributed by atoms with Gasteiger partial charge in [0.15, 0.2) is 11.7 Å². The zero-order valence-electron chi connectivity index (χ0n) is 8.36. The SMILES string of the molecule is O=Cc1cc(=O)c2c(C(=O)O)ccc(Cl)c2[nH]1. The highest BCUT2D eigenvalue weighted by molar-refractivity contribution is 6.35. The summed E-state index contributed by atoms with van der Waals surface area (Å²) in [6, 6.07) is 3.65. The number of aldehydes is 1. The largest absolute Gasteiger partial charge is 0.478 e. The van der Waals surface area contributed by atoms with Crippen molar-refractivity contribution in [1.82, 2.24) is 4.98 Å². The third-order valence-electron chi connectivity index (χ3n) is 2.31. The first-order valence-corrected chi connectivity index (χ1v) is 4.96. The molecule has 5 nitrogen and oxygen atoms in total. The molecule has 0 radical (unpaired) electrons. The molecule has 0 unspecified atom stereocenters. The van der Waals surface area contributed by atoms with E-state index in [9.17, 15) is 14.4 Å². The van der Waals surface area contributed by atoms with E-state index in [1.165, 1.54) is 12.1 Å². The predicted octanol–water partition coefficient (Wildman–Crippen LogP) is 1.69. The fourth-order valence-electron chi connectivity index (χ4n) is 1.59. The first-order chi connectivity index (χ1) is 8.04. The van der Waals surface area contributed by atoms with Gasteiger partial charge in [0, 0.05) is 6.07 Å². The van der Waals surface area contributed by atoms with Crippen molar-refractivity contribution in [2.24, 2.45) is 0 Å². The summed E-state index contributed by atoms with van der Waals surface area (Å²) in [4.78, 5) is 35.9. The van der Waals surface area contributed by atoms with Crippen LogP contribution in [-0.4, -0.2) is 22.3 Å². The number of H-pyrrole nitrogens is 1. The molecule has 1 aromatic heterocycles. The third-order valence-corrected chi connectivity index (χ3v) is 2.63. The van der Waals surface area contributed by atoms with E-state index in [0.29, 0.717) is 6.29 Å². The maximum Gasteiger partial charge on any atom is 0.336 e. The number of fused-ring (bicyclic) bond motifs is 1. The fourth-order valence-corrected chi connectivity index (χ4v) is 1.80. The van der Waals surface area contributed by atoms with E-state index in [1.54, 1.807) is 0 Å². The zero-order valence-corrected chi connectivity index (χ0v) is 9.12. The smallest absolute Gasteiger partial charge is 0.336 e. The highest BCUT2D eigenvalue weighted by atomic mass is 35.5. The summed E-state index contributed by atoms with van der Waals surface area (Å²) in [5.41, 5.74) is -0.503. The number of hydrogen-bond acceptors (Lipinski definition) is 3. The van der Waals surface area contributed by atoms with Crippen molar-refractivity contribution >= 4 is 34.8 Å². The molecule has 0 saturated heterocycles. The molecule has 1 heterocycles. The monoisotopic (exact) mass is 251 g/mol. The summed E-state index contributed by atoms with van der Waals surface area (Å²) >= 11 is 5.86. The maximum atomic E-state index is 11.7. The molecule has 17 heavy (non-hydrogen) atoms. The topological polar surface area (TPSA) is 87.2 Å². The van der Waals surface area contributed by atoms with E-state index in [4.69, 9.17) is 16.7 Å². The Balaban J connectivity index is 3.02. The molecule has 0 bridgehead atoms. The van der Waals surface area contributed by atoms with Crippen LogP contribution < -0.4 is 5.43 Å². The number of hydrogen-bond donors (Lipinski definition) is 2. The molecule has 0 atom stereocenters. The molecule has 0 aliphatic carbocycles. The number of carboxylic acids is 1. The van der Waals surface area contributed by atoms with Gasteiger partial charge in [-0.3, -0.25) is 9.59 Å². The Kier molecular flexibility index (Phi) is 2.69. The van der Waals surface area contributed by atoms with Crippen LogP contribution in [0.15, 0.2) is 23.0 Å². The van der Waals surface area contributed by atoms with E-state index in [1.807, 2.05) is 0 Å². The van der Waals surface area contributed by atoms with E-state index in [2.05, 4.69) is 4.98 Å². The highest BCUT2D eigenvalue weighted by Crippen LogP contribution is 2.22. The van der Waals surface area contributed by atoms with Crippen molar-refractivity contribution in [3.05, 3.63) is 44.7 Å². The Morgan fingerprint density at radius 3 is 2.71 bits per heavy atom. The molecule has 6 heteroatoms. The van der Waals surface area contributed by atoms with Crippen molar-refractivity contribution in [1.29, 1.82) is 0 Å². The lowest BCUT2D eigenvalue weighted by Crippen LogP contribution is -2.10. The normalized spacial score (nSPS) is 10.4. The minimum absolute atomic E-state index is 0.0319. The van der Waals surface area contributed by atoms with E-state index in [0.717, 1.165) is 6.07 Å². The summed E-state index contributed by atoms with van der Waals surface area (Å²) in [7, 11) is 0. The van der Waals surface area contributed by atoms with Crippen LogP contribution in [0.3, 0.4) is 0 Å². The fraction of sp³-hybridized carbons (Fsp3) is 0. The number of halogens is 1. The molecule has 1 aromatic carbocycles. The van der Waals surface area contributed by atoms with E-state index >= 15 is 0 Å². The third kappa shape index (κ3) is 1.81. The van der Waals surface area contributed by atoms with Gasteiger partial charge >= 0.3 is 5.97 Å². The Labute approximate surface area is 99.6 Å². The average molecular weight is 252 g/mol. The number of carbonyl (C=O) groups excluding carboxylic acids is 1. The van der Waals surface area contributed by atoms with Crippen LogP contribution in [0.2, 0.25) is 5.02 Å². The highest BCUT2D eigenvalue weighted by Gasteiger charge is 2.14. The number of aromatic amines is 1. The Morgan fingerprint density at radius 1 is 1.41 bits per heavy atom. The van der Waals surface area contributed by atoms with Gasteiger partial charge in [-0.1, -0.05) is 11.6 Å². The van der Waals surface area contributed by atoms with Gasteiger partial charge in [-0.25, -0.2) is 4.79 Å². The lowest BCUT2D eigenvalue weighted by atomic mass is 10.1. The Morgan fingerprint density at radius 2 is 2.12 bits per heavy atom. The number of carboxylic acid groups (broad SMARTS) is 1. The molecular formula is C11H6ClNO4. The number of benzene rings is 1. The first-order valence-electron chi connectivity index (χ1n) is 4.58. The minimum atomic E-state index is -1.23. The van der Waals surface area contributed by atoms with Crippen LogP contribution in [0.4, 0.5) is 0 Å². The number of rotatable bonds is 2. The van der Waals surface area contributed by atoms with Crippen LogP contribution in [-0.2, 0) is 0 Å². The Hall–Kier alpha value is -2.14. The molecule has 2 N–H and O–H groups in total. The molecule has 0 fully saturated rings. The van der Waals surface area contributed by atoms with Gasteiger partial charge in [0.25, 0.3) is 0 Å². The lowest BCUT2D eigenvalue weighted by molar-refractivity contribution is 0.0699. The summed E-state index contributed by atoms with van der Waals surface area (Å²) < 4.78 is 0.